The number of anilines is 1. The molecule has 1 atom stereocenters. The van der Waals surface area contributed by atoms with Crippen molar-refractivity contribution in [1.29, 1.82) is 0 Å². The van der Waals surface area contributed by atoms with Gasteiger partial charge in [-0.15, -0.1) is 0 Å². The van der Waals surface area contributed by atoms with Crippen LogP contribution in [0.2, 0.25) is 0 Å². The van der Waals surface area contributed by atoms with Crippen LogP contribution in [0.25, 0.3) is 0 Å². The van der Waals surface area contributed by atoms with Crippen LogP contribution in [0.4, 0.5) is 5.69 Å². The molecule has 1 amide bonds. The van der Waals surface area contributed by atoms with Gasteiger partial charge in [0.15, 0.2) is 0 Å². The first-order valence-electron chi connectivity index (χ1n) is 4.98. The molecular formula is C11H15BrN2O2. The topological polar surface area (TPSA) is 61.4 Å². The van der Waals surface area contributed by atoms with Crippen LogP contribution in [0.5, 0.6) is 5.75 Å². The zero-order valence-corrected chi connectivity index (χ0v) is 10.8. The van der Waals surface area contributed by atoms with Crippen LogP contribution in [0.15, 0.2) is 22.7 Å². The van der Waals surface area contributed by atoms with Gasteiger partial charge in [0.05, 0.1) is 5.69 Å². The van der Waals surface area contributed by atoms with Gasteiger partial charge < -0.3 is 15.7 Å². The number of rotatable bonds is 4. The molecule has 0 aliphatic rings. The van der Waals surface area contributed by atoms with Crippen molar-refractivity contribution in [2.75, 3.05) is 18.9 Å². The first-order chi connectivity index (χ1) is 7.54. The maximum atomic E-state index is 11.7. The maximum Gasteiger partial charge on any atom is 0.228 e. The van der Waals surface area contributed by atoms with E-state index in [0.717, 1.165) is 4.47 Å². The molecule has 0 saturated carbocycles. The summed E-state index contributed by atoms with van der Waals surface area (Å²) in [6, 6.07) is 4.91. The second-order valence-corrected chi connectivity index (χ2v) is 4.53. The van der Waals surface area contributed by atoms with Crippen LogP contribution in [0.1, 0.15) is 6.92 Å². The van der Waals surface area contributed by atoms with Gasteiger partial charge in [-0.25, -0.2) is 0 Å². The number of benzene rings is 1. The van der Waals surface area contributed by atoms with Gasteiger partial charge in [0.25, 0.3) is 0 Å². The number of amides is 1. The van der Waals surface area contributed by atoms with E-state index in [2.05, 4.69) is 26.6 Å². The monoisotopic (exact) mass is 286 g/mol. The van der Waals surface area contributed by atoms with Crippen molar-refractivity contribution in [1.82, 2.24) is 5.32 Å². The zero-order valence-electron chi connectivity index (χ0n) is 9.25. The van der Waals surface area contributed by atoms with Gasteiger partial charge in [0, 0.05) is 16.9 Å². The lowest BCUT2D eigenvalue weighted by molar-refractivity contribution is -0.119. The van der Waals surface area contributed by atoms with Gasteiger partial charge in [-0.05, 0) is 25.2 Å². The Morgan fingerprint density at radius 3 is 2.88 bits per heavy atom. The number of halogens is 1. The van der Waals surface area contributed by atoms with Crippen LogP contribution in [0.3, 0.4) is 0 Å². The largest absolute Gasteiger partial charge is 0.506 e. The highest BCUT2D eigenvalue weighted by Gasteiger charge is 2.13. The molecule has 0 aliphatic carbocycles. The standard InChI is InChI=1S/C11H15BrN2O2/c1-7(6-13-2)11(16)14-9-5-8(12)3-4-10(9)15/h3-5,7,13,15H,6H2,1-2H3,(H,14,16). The van der Waals surface area contributed by atoms with Crippen LogP contribution in [-0.2, 0) is 4.79 Å². The van der Waals surface area contributed by atoms with Crippen LogP contribution < -0.4 is 10.6 Å². The number of aromatic hydroxyl groups is 1. The fourth-order valence-electron chi connectivity index (χ4n) is 1.26. The van der Waals surface area contributed by atoms with E-state index in [1.54, 1.807) is 19.2 Å². The van der Waals surface area contributed by atoms with Crippen LogP contribution in [-0.4, -0.2) is 24.6 Å². The molecule has 3 N–H and O–H groups in total. The van der Waals surface area contributed by atoms with E-state index in [1.165, 1.54) is 6.07 Å². The molecule has 16 heavy (non-hydrogen) atoms. The Hall–Kier alpha value is -1.07. The summed E-state index contributed by atoms with van der Waals surface area (Å²) in [7, 11) is 1.79. The minimum Gasteiger partial charge on any atom is -0.506 e. The minimum absolute atomic E-state index is 0.0632. The molecular weight excluding hydrogens is 272 g/mol. The fraction of sp³-hybridized carbons (Fsp3) is 0.364. The lowest BCUT2D eigenvalue weighted by Crippen LogP contribution is -2.28. The third-order valence-corrected chi connectivity index (χ3v) is 2.67. The molecule has 1 aromatic rings. The van der Waals surface area contributed by atoms with Crippen molar-refractivity contribution in [2.45, 2.75) is 6.92 Å². The Kier molecular flexibility index (Phi) is 4.76. The number of hydrogen-bond acceptors (Lipinski definition) is 3. The highest BCUT2D eigenvalue weighted by atomic mass is 79.9. The summed E-state index contributed by atoms with van der Waals surface area (Å²) in [6.45, 7) is 2.42. The van der Waals surface area contributed by atoms with Gasteiger partial charge in [-0.2, -0.15) is 0 Å². The molecule has 0 fully saturated rings. The van der Waals surface area contributed by atoms with Crippen molar-refractivity contribution in [3.05, 3.63) is 22.7 Å². The van der Waals surface area contributed by atoms with Gasteiger partial charge in [0.2, 0.25) is 5.91 Å². The second kappa shape index (κ2) is 5.86. The summed E-state index contributed by atoms with van der Waals surface area (Å²) >= 11 is 3.28. The van der Waals surface area contributed by atoms with Crippen molar-refractivity contribution < 1.29 is 9.90 Å². The third-order valence-electron chi connectivity index (χ3n) is 2.17. The molecule has 88 valence electrons. The number of carbonyl (C=O) groups is 1. The highest BCUT2D eigenvalue weighted by molar-refractivity contribution is 9.10. The summed E-state index contributed by atoms with van der Waals surface area (Å²) in [5, 5.41) is 15.1. The molecule has 1 unspecified atom stereocenters. The summed E-state index contributed by atoms with van der Waals surface area (Å²) in [5.74, 6) is -0.209. The zero-order chi connectivity index (χ0) is 12.1. The molecule has 0 bridgehead atoms. The molecule has 1 aromatic carbocycles. The highest BCUT2D eigenvalue weighted by Crippen LogP contribution is 2.27. The number of nitrogens with one attached hydrogen (secondary N) is 2. The lowest BCUT2D eigenvalue weighted by atomic mass is 10.1. The van der Waals surface area contributed by atoms with Crippen molar-refractivity contribution in [3.8, 4) is 5.75 Å². The van der Waals surface area contributed by atoms with Gasteiger partial charge in [0.1, 0.15) is 5.75 Å². The summed E-state index contributed by atoms with van der Waals surface area (Å²) in [6.07, 6.45) is 0. The maximum absolute atomic E-state index is 11.7. The summed E-state index contributed by atoms with van der Waals surface area (Å²) in [5.41, 5.74) is 0.419. The average Bonchev–Trinajstić information content (AvgIpc) is 2.23. The smallest absolute Gasteiger partial charge is 0.228 e. The van der Waals surface area contributed by atoms with E-state index in [-0.39, 0.29) is 17.6 Å². The van der Waals surface area contributed by atoms with Crippen molar-refractivity contribution in [3.63, 3.8) is 0 Å². The van der Waals surface area contributed by atoms with E-state index < -0.39 is 0 Å². The fourth-order valence-corrected chi connectivity index (χ4v) is 1.62. The number of phenols is 1. The molecule has 1 rings (SSSR count). The third kappa shape index (κ3) is 3.50. The van der Waals surface area contributed by atoms with E-state index in [0.29, 0.717) is 12.2 Å². The first kappa shape index (κ1) is 13.0. The van der Waals surface area contributed by atoms with Crippen LogP contribution in [0, 0.1) is 5.92 Å². The average molecular weight is 287 g/mol. The molecule has 0 radical (unpaired) electrons. The molecule has 0 saturated heterocycles. The Bertz CT molecular complexity index is 382. The summed E-state index contributed by atoms with van der Waals surface area (Å²) < 4.78 is 0.807. The van der Waals surface area contributed by atoms with E-state index in [9.17, 15) is 9.90 Å². The normalized spacial score (nSPS) is 12.2. The molecule has 4 nitrogen and oxygen atoms in total. The number of hydrogen-bond donors (Lipinski definition) is 3. The Balaban J connectivity index is 2.72. The number of carbonyl (C=O) groups excluding carboxylic acids is 1. The van der Waals surface area contributed by atoms with Gasteiger partial charge in [-0.1, -0.05) is 22.9 Å². The predicted molar refractivity (Wildman–Crippen MR) is 67.5 cm³/mol. The van der Waals surface area contributed by atoms with E-state index in [1.807, 2.05) is 6.92 Å². The van der Waals surface area contributed by atoms with Crippen LogP contribution >= 0.6 is 15.9 Å². The van der Waals surface area contributed by atoms with Gasteiger partial charge >= 0.3 is 0 Å². The summed E-state index contributed by atoms with van der Waals surface area (Å²) in [4.78, 5) is 11.7. The first-order valence-corrected chi connectivity index (χ1v) is 5.78. The molecule has 0 spiro atoms. The molecule has 0 aromatic heterocycles. The molecule has 0 heterocycles. The second-order valence-electron chi connectivity index (χ2n) is 3.61. The van der Waals surface area contributed by atoms with E-state index in [4.69, 9.17) is 0 Å². The van der Waals surface area contributed by atoms with Crippen molar-refractivity contribution >= 4 is 27.5 Å². The lowest BCUT2D eigenvalue weighted by Gasteiger charge is -2.12. The minimum atomic E-state index is -0.150. The Morgan fingerprint density at radius 2 is 2.25 bits per heavy atom. The van der Waals surface area contributed by atoms with Gasteiger partial charge in [-0.3, -0.25) is 4.79 Å². The van der Waals surface area contributed by atoms with E-state index >= 15 is 0 Å². The molecule has 5 heteroatoms. The predicted octanol–water partition coefficient (Wildman–Crippen LogP) is 1.95. The quantitative estimate of drug-likeness (QED) is 0.742. The Labute approximate surface area is 103 Å². The Morgan fingerprint density at radius 1 is 1.56 bits per heavy atom. The number of phenolic OH excluding ortho intramolecular Hbond substituents is 1. The van der Waals surface area contributed by atoms with Crippen molar-refractivity contribution in [2.24, 2.45) is 5.92 Å². The molecule has 0 aliphatic heterocycles. The SMILES string of the molecule is CNCC(C)C(=O)Nc1cc(Br)ccc1O.